The van der Waals surface area contributed by atoms with E-state index < -0.39 is 0 Å². The number of fused-ring (bicyclic) bond motifs is 1. The highest BCUT2D eigenvalue weighted by molar-refractivity contribution is 6.42. The Hall–Kier alpha value is -0.280. The Morgan fingerprint density at radius 1 is 1.35 bits per heavy atom. The average molecular weight is 314 g/mol. The number of ether oxygens (including phenoxy) is 1. The molecule has 0 spiro atoms. The van der Waals surface area contributed by atoms with Crippen LogP contribution < -0.4 is 5.32 Å². The van der Waals surface area contributed by atoms with E-state index in [2.05, 4.69) is 24.4 Å². The van der Waals surface area contributed by atoms with Crippen LogP contribution in [0.4, 0.5) is 0 Å². The van der Waals surface area contributed by atoms with Crippen molar-refractivity contribution in [3.8, 4) is 0 Å². The van der Waals surface area contributed by atoms with Crippen LogP contribution in [0.5, 0.6) is 0 Å². The molecule has 4 heteroatoms. The second kappa shape index (κ2) is 5.17. The maximum atomic E-state index is 6.23. The molecule has 1 N–H and O–H groups in total. The van der Waals surface area contributed by atoms with Crippen LogP contribution in [0.15, 0.2) is 18.2 Å². The molecule has 3 atom stereocenters. The lowest BCUT2D eigenvalue weighted by molar-refractivity contribution is 0.0189. The Morgan fingerprint density at radius 2 is 2.15 bits per heavy atom. The van der Waals surface area contributed by atoms with E-state index in [1.807, 2.05) is 13.2 Å². The molecule has 0 radical (unpaired) electrons. The van der Waals surface area contributed by atoms with E-state index in [1.54, 1.807) is 0 Å². The molecule has 2 aliphatic rings. The Kier molecular flexibility index (Phi) is 3.79. The first-order valence-corrected chi connectivity index (χ1v) is 8.04. The standard InChI is InChI=1S/C16H21Cl2NO/c1-3-14(20-2)16-9-15(16,6-7-19-10-16)11-4-5-12(17)13(18)8-11/h4-5,8,14,19H,3,6-7,9-10H2,1-2H3/t14-,15-,16?/m1/s1. The summed E-state index contributed by atoms with van der Waals surface area (Å²) in [6, 6.07) is 6.12. The van der Waals surface area contributed by atoms with Gasteiger partial charge in [-0.15, -0.1) is 0 Å². The highest BCUT2D eigenvalue weighted by Crippen LogP contribution is 2.70. The lowest BCUT2D eigenvalue weighted by atomic mass is 9.77. The monoisotopic (exact) mass is 313 g/mol. The normalized spacial score (nSPS) is 33.6. The third-order valence-corrected chi connectivity index (χ3v) is 6.10. The van der Waals surface area contributed by atoms with Crippen molar-refractivity contribution in [2.45, 2.75) is 37.7 Å². The summed E-state index contributed by atoms with van der Waals surface area (Å²) in [6.07, 6.45) is 3.66. The molecule has 2 fully saturated rings. The van der Waals surface area contributed by atoms with Gasteiger partial charge in [0.15, 0.2) is 0 Å². The first kappa shape index (κ1) is 14.6. The minimum Gasteiger partial charge on any atom is -0.381 e. The third-order valence-electron chi connectivity index (χ3n) is 5.36. The fraction of sp³-hybridized carbons (Fsp3) is 0.625. The maximum Gasteiger partial charge on any atom is 0.0646 e. The first-order valence-electron chi connectivity index (χ1n) is 7.29. The van der Waals surface area contributed by atoms with Crippen molar-refractivity contribution in [1.29, 1.82) is 0 Å². The quantitative estimate of drug-likeness (QED) is 0.905. The summed E-state index contributed by atoms with van der Waals surface area (Å²) in [6.45, 7) is 4.29. The summed E-state index contributed by atoms with van der Waals surface area (Å²) >= 11 is 12.3. The molecule has 0 bridgehead atoms. The van der Waals surface area contributed by atoms with Gasteiger partial charge >= 0.3 is 0 Å². The van der Waals surface area contributed by atoms with E-state index in [0.717, 1.165) is 25.9 Å². The molecule has 20 heavy (non-hydrogen) atoms. The molecule has 1 saturated heterocycles. The van der Waals surface area contributed by atoms with E-state index in [-0.39, 0.29) is 10.8 Å². The number of hydrogen-bond acceptors (Lipinski definition) is 2. The van der Waals surface area contributed by atoms with Gasteiger partial charge in [0.1, 0.15) is 0 Å². The molecule has 0 amide bonds. The molecule has 0 aromatic heterocycles. The molecule has 1 aliphatic heterocycles. The van der Waals surface area contributed by atoms with Crippen molar-refractivity contribution in [2.75, 3.05) is 20.2 Å². The van der Waals surface area contributed by atoms with Gasteiger partial charge in [-0.05, 0) is 43.5 Å². The van der Waals surface area contributed by atoms with Crippen molar-refractivity contribution < 1.29 is 4.74 Å². The molecule has 1 aliphatic carbocycles. The number of rotatable bonds is 4. The number of benzene rings is 1. The van der Waals surface area contributed by atoms with Gasteiger partial charge < -0.3 is 10.1 Å². The maximum absolute atomic E-state index is 6.23. The predicted molar refractivity (Wildman–Crippen MR) is 83.8 cm³/mol. The van der Waals surface area contributed by atoms with Gasteiger partial charge in [-0.3, -0.25) is 0 Å². The molecule has 2 nitrogen and oxygen atoms in total. The lowest BCUT2D eigenvalue weighted by Gasteiger charge is -2.36. The van der Waals surface area contributed by atoms with Crippen molar-refractivity contribution >= 4 is 23.2 Å². The number of piperidine rings is 1. The Labute approximate surface area is 130 Å². The smallest absolute Gasteiger partial charge is 0.0646 e. The fourth-order valence-corrected chi connectivity index (χ4v) is 4.62. The molecule has 110 valence electrons. The number of methoxy groups -OCH3 is 1. The van der Waals surface area contributed by atoms with Gasteiger partial charge in [0.25, 0.3) is 0 Å². The Balaban J connectivity index is 2.00. The van der Waals surface area contributed by atoms with Gasteiger partial charge in [0.2, 0.25) is 0 Å². The molecule has 1 unspecified atom stereocenters. The minimum absolute atomic E-state index is 0.211. The molecule has 3 rings (SSSR count). The average Bonchev–Trinajstić information content (AvgIpc) is 3.14. The van der Waals surface area contributed by atoms with Crippen LogP contribution in [0.1, 0.15) is 31.7 Å². The summed E-state index contributed by atoms with van der Waals surface area (Å²) < 4.78 is 5.79. The number of hydrogen-bond donors (Lipinski definition) is 1. The molecule has 1 aromatic carbocycles. The molecular weight excluding hydrogens is 293 g/mol. The number of nitrogens with one attached hydrogen (secondary N) is 1. The highest BCUT2D eigenvalue weighted by atomic mass is 35.5. The van der Waals surface area contributed by atoms with Crippen LogP contribution in [0.2, 0.25) is 10.0 Å². The van der Waals surface area contributed by atoms with E-state index in [0.29, 0.717) is 16.1 Å². The zero-order valence-electron chi connectivity index (χ0n) is 12.0. The van der Waals surface area contributed by atoms with E-state index in [4.69, 9.17) is 27.9 Å². The third kappa shape index (κ3) is 1.93. The van der Waals surface area contributed by atoms with Crippen LogP contribution in [0, 0.1) is 5.41 Å². The second-order valence-electron chi connectivity index (χ2n) is 6.10. The zero-order valence-corrected chi connectivity index (χ0v) is 13.5. The summed E-state index contributed by atoms with van der Waals surface area (Å²) in [5, 5.41) is 4.83. The van der Waals surface area contributed by atoms with Gasteiger partial charge in [0.05, 0.1) is 16.1 Å². The Bertz CT molecular complexity index is 517. The van der Waals surface area contributed by atoms with Crippen LogP contribution in [0.3, 0.4) is 0 Å². The highest BCUT2D eigenvalue weighted by Gasteiger charge is 2.71. The van der Waals surface area contributed by atoms with Crippen LogP contribution in [-0.4, -0.2) is 26.3 Å². The summed E-state index contributed by atoms with van der Waals surface area (Å²) in [5.74, 6) is 0. The van der Waals surface area contributed by atoms with E-state index in [9.17, 15) is 0 Å². The largest absolute Gasteiger partial charge is 0.381 e. The van der Waals surface area contributed by atoms with Crippen molar-refractivity contribution in [3.05, 3.63) is 33.8 Å². The van der Waals surface area contributed by atoms with E-state index >= 15 is 0 Å². The van der Waals surface area contributed by atoms with Gasteiger partial charge in [-0.1, -0.05) is 36.2 Å². The minimum atomic E-state index is 0.211. The summed E-state index contributed by atoms with van der Waals surface area (Å²) in [4.78, 5) is 0. The van der Waals surface area contributed by atoms with E-state index in [1.165, 1.54) is 12.0 Å². The fourth-order valence-electron chi connectivity index (χ4n) is 4.32. The summed E-state index contributed by atoms with van der Waals surface area (Å²) in [7, 11) is 1.83. The lowest BCUT2D eigenvalue weighted by Crippen LogP contribution is -2.45. The molecule has 1 saturated carbocycles. The summed E-state index contributed by atoms with van der Waals surface area (Å²) in [5.41, 5.74) is 1.75. The van der Waals surface area contributed by atoms with Crippen molar-refractivity contribution in [3.63, 3.8) is 0 Å². The topological polar surface area (TPSA) is 21.3 Å². The first-order chi connectivity index (χ1) is 9.59. The molecule has 1 heterocycles. The number of halogens is 2. The van der Waals surface area contributed by atoms with Crippen LogP contribution in [0.25, 0.3) is 0 Å². The predicted octanol–water partition coefficient (Wildman–Crippen LogP) is 4.04. The van der Waals surface area contributed by atoms with Crippen LogP contribution >= 0.6 is 23.2 Å². The Morgan fingerprint density at radius 3 is 2.80 bits per heavy atom. The molecular formula is C16H21Cl2NO. The van der Waals surface area contributed by atoms with Crippen molar-refractivity contribution in [2.24, 2.45) is 5.41 Å². The SMILES string of the molecule is CC[C@@H](OC)C12CNCC[C@]1(c1ccc(Cl)c(Cl)c1)C2. The zero-order chi connectivity index (χ0) is 14.4. The second-order valence-corrected chi connectivity index (χ2v) is 6.92. The van der Waals surface area contributed by atoms with Gasteiger partial charge in [-0.25, -0.2) is 0 Å². The van der Waals surface area contributed by atoms with Crippen molar-refractivity contribution in [1.82, 2.24) is 5.32 Å². The van der Waals surface area contributed by atoms with Gasteiger partial charge in [0, 0.05) is 24.5 Å². The molecule has 1 aromatic rings. The van der Waals surface area contributed by atoms with Crippen LogP contribution in [-0.2, 0) is 10.2 Å². The van der Waals surface area contributed by atoms with Gasteiger partial charge in [-0.2, -0.15) is 0 Å².